The summed E-state index contributed by atoms with van der Waals surface area (Å²) in [4.78, 5) is 2.13. The van der Waals surface area contributed by atoms with Crippen LogP contribution in [0.2, 0.25) is 0 Å². The van der Waals surface area contributed by atoms with Gasteiger partial charge in [0.05, 0.1) is 12.2 Å². The first kappa shape index (κ1) is 21.6. The molecule has 0 amide bonds. The molecule has 7 nitrogen and oxygen atoms in total. The van der Waals surface area contributed by atoms with Gasteiger partial charge in [0.15, 0.2) is 0 Å². The molecule has 0 N–H and O–H groups in total. The fourth-order valence-corrected chi connectivity index (χ4v) is 3.79. The quantitative estimate of drug-likeness (QED) is 0.308. The largest absolute Gasteiger partial charge is 0.457 e. The Morgan fingerprint density at radius 2 is 1.47 bits per heavy atom. The van der Waals surface area contributed by atoms with Gasteiger partial charge < -0.3 is 9.15 Å². The van der Waals surface area contributed by atoms with Crippen LogP contribution >= 0.6 is 0 Å². The summed E-state index contributed by atoms with van der Waals surface area (Å²) >= 11 is 0. The van der Waals surface area contributed by atoms with E-state index < -0.39 is 0 Å². The second-order valence-corrected chi connectivity index (χ2v) is 8.16. The number of hydrogen-bond donors (Lipinski definition) is 0. The molecule has 170 valence electrons. The lowest BCUT2D eigenvalue weighted by Gasteiger charge is -2.14. The fraction of sp³-hybridized carbons (Fsp3) is 0.148. The SMILES string of the molecule is CN(Cc1nnc(-c2ccccc2)o1)Cc1cn(C)nc1-c1ccc(Oc2ccccc2)cc1. The summed E-state index contributed by atoms with van der Waals surface area (Å²) in [5.41, 5.74) is 4.01. The number of rotatable bonds is 8. The summed E-state index contributed by atoms with van der Waals surface area (Å²) < 4.78 is 13.6. The zero-order valence-electron chi connectivity index (χ0n) is 19.1. The maximum absolute atomic E-state index is 5.91. The first-order chi connectivity index (χ1) is 16.6. The van der Waals surface area contributed by atoms with Gasteiger partial charge >= 0.3 is 0 Å². The third kappa shape index (κ3) is 5.05. The van der Waals surface area contributed by atoms with E-state index in [4.69, 9.17) is 14.3 Å². The number of ether oxygens (including phenoxy) is 1. The molecule has 0 aliphatic heterocycles. The molecule has 0 atom stereocenters. The topological polar surface area (TPSA) is 69.2 Å². The van der Waals surface area contributed by atoms with E-state index in [9.17, 15) is 0 Å². The molecule has 2 aromatic heterocycles. The average molecular weight is 452 g/mol. The van der Waals surface area contributed by atoms with Crippen molar-refractivity contribution in [3.05, 3.63) is 103 Å². The van der Waals surface area contributed by atoms with Crippen LogP contribution in [0.4, 0.5) is 0 Å². The highest BCUT2D eigenvalue weighted by Crippen LogP contribution is 2.28. The van der Waals surface area contributed by atoms with Crippen molar-refractivity contribution in [1.29, 1.82) is 0 Å². The minimum absolute atomic E-state index is 0.531. The van der Waals surface area contributed by atoms with Crippen LogP contribution in [0.1, 0.15) is 11.5 Å². The Morgan fingerprint density at radius 3 is 2.21 bits per heavy atom. The van der Waals surface area contributed by atoms with Crippen molar-refractivity contribution < 1.29 is 9.15 Å². The number of aryl methyl sites for hydroxylation is 1. The second kappa shape index (κ2) is 9.72. The van der Waals surface area contributed by atoms with Gasteiger partial charge in [-0.2, -0.15) is 5.10 Å². The highest BCUT2D eigenvalue weighted by molar-refractivity contribution is 5.63. The van der Waals surface area contributed by atoms with E-state index in [0.717, 1.165) is 33.9 Å². The van der Waals surface area contributed by atoms with E-state index in [1.54, 1.807) is 0 Å². The second-order valence-electron chi connectivity index (χ2n) is 8.16. The van der Waals surface area contributed by atoms with Gasteiger partial charge in [-0.15, -0.1) is 10.2 Å². The average Bonchev–Trinajstić information content (AvgIpc) is 3.47. The Bertz CT molecular complexity index is 1350. The van der Waals surface area contributed by atoms with E-state index in [0.29, 0.717) is 24.9 Å². The standard InChI is InChI=1S/C27H25N5O2/c1-31(19-25-28-29-27(34-25)21-9-5-3-6-10-21)17-22-18-32(2)30-26(22)20-13-15-24(16-14-20)33-23-11-7-4-8-12-23/h3-16,18H,17,19H2,1-2H3. The molecule has 5 rings (SSSR count). The molecule has 0 radical (unpaired) electrons. The molecule has 0 bridgehead atoms. The van der Waals surface area contributed by atoms with Crippen molar-refractivity contribution in [2.24, 2.45) is 7.05 Å². The van der Waals surface area contributed by atoms with Gasteiger partial charge in [-0.1, -0.05) is 36.4 Å². The molecule has 7 heteroatoms. The maximum atomic E-state index is 5.91. The molecule has 0 saturated heterocycles. The molecule has 0 aliphatic carbocycles. The Morgan fingerprint density at radius 1 is 0.794 bits per heavy atom. The first-order valence-electron chi connectivity index (χ1n) is 11.1. The zero-order valence-corrected chi connectivity index (χ0v) is 19.1. The predicted molar refractivity (Wildman–Crippen MR) is 130 cm³/mol. The van der Waals surface area contributed by atoms with E-state index in [1.807, 2.05) is 110 Å². The third-order valence-corrected chi connectivity index (χ3v) is 5.34. The zero-order chi connectivity index (χ0) is 23.3. The summed E-state index contributed by atoms with van der Waals surface area (Å²) in [6.07, 6.45) is 2.05. The van der Waals surface area contributed by atoms with Crippen molar-refractivity contribution >= 4 is 0 Å². The molecule has 5 aromatic rings. The van der Waals surface area contributed by atoms with E-state index in [-0.39, 0.29) is 0 Å². The number of aromatic nitrogens is 4. The van der Waals surface area contributed by atoms with Crippen LogP contribution in [0.15, 0.2) is 95.5 Å². The normalized spacial score (nSPS) is 11.1. The van der Waals surface area contributed by atoms with Gasteiger partial charge in [-0.05, 0) is 55.6 Å². The maximum Gasteiger partial charge on any atom is 0.247 e. The highest BCUT2D eigenvalue weighted by atomic mass is 16.5. The number of benzene rings is 3. The fourth-order valence-electron chi connectivity index (χ4n) is 3.79. The Hall–Kier alpha value is -4.23. The highest BCUT2D eigenvalue weighted by Gasteiger charge is 2.15. The molecule has 34 heavy (non-hydrogen) atoms. The van der Waals surface area contributed by atoms with Crippen LogP contribution in [0.3, 0.4) is 0 Å². The summed E-state index contributed by atoms with van der Waals surface area (Å²) in [6.45, 7) is 1.23. The molecular weight excluding hydrogens is 426 g/mol. The van der Waals surface area contributed by atoms with Crippen LogP contribution in [0, 0.1) is 0 Å². The van der Waals surface area contributed by atoms with Crippen LogP contribution in [0.25, 0.3) is 22.7 Å². The Labute approximate surface area is 198 Å². The van der Waals surface area contributed by atoms with E-state index in [1.165, 1.54) is 0 Å². The summed E-state index contributed by atoms with van der Waals surface area (Å²) in [5, 5.41) is 13.1. The van der Waals surface area contributed by atoms with Crippen LogP contribution in [-0.4, -0.2) is 31.9 Å². The van der Waals surface area contributed by atoms with Crippen molar-refractivity contribution in [3.8, 4) is 34.2 Å². The van der Waals surface area contributed by atoms with Gasteiger partial charge in [-0.25, -0.2) is 0 Å². The number of nitrogens with zero attached hydrogens (tertiary/aromatic N) is 5. The molecule has 0 fully saturated rings. The number of para-hydroxylation sites is 1. The molecule has 3 aromatic carbocycles. The molecule has 0 unspecified atom stereocenters. The lowest BCUT2D eigenvalue weighted by Crippen LogP contribution is -2.17. The van der Waals surface area contributed by atoms with Gasteiger partial charge in [0.1, 0.15) is 11.5 Å². The molecular formula is C27H25N5O2. The van der Waals surface area contributed by atoms with Crippen molar-refractivity contribution in [1.82, 2.24) is 24.9 Å². The van der Waals surface area contributed by atoms with Crippen LogP contribution in [0.5, 0.6) is 11.5 Å². The summed E-state index contributed by atoms with van der Waals surface area (Å²) in [7, 11) is 3.96. The van der Waals surface area contributed by atoms with Gasteiger partial charge in [0, 0.05) is 36.5 Å². The molecule has 0 aliphatic rings. The predicted octanol–water partition coefficient (Wildman–Crippen LogP) is 5.56. The lowest BCUT2D eigenvalue weighted by molar-refractivity contribution is 0.283. The van der Waals surface area contributed by atoms with E-state index >= 15 is 0 Å². The minimum atomic E-state index is 0.531. The number of hydrogen-bond acceptors (Lipinski definition) is 6. The molecule has 0 saturated carbocycles. The van der Waals surface area contributed by atoms with E-state index in [2.05, 4.69) is 15.1 Å². The first-order valence-corrected chi connectivity index (χ1v) is 11.1. The van der Waals surface area contributed by atoms with Crippen molar-refractivity contribution in [3.63, 3.8) is 0 Å². The van der Waals surface area contributed by atoms with Crippen LogP contribution in [-0.2, 0) is 20.1 Å². The minimum Gasteiger partial charge on any atom is -0.457 e. The van der Waals surface area contributed by atoms with Crippen molar-refractivity contribution in [2.75, 3.05) is 7.05 Å². The summed E-state index contributed by atoms with van der Waals surface area (Å²) in [6, 6.07) is 27.5. The third-order valence-electron chi connectivity index (χ3n) is 5.34. The lowest BCUT2D eigenvalue weighted by atomic mass is 10.1. The van der Waals surface area contributed by atoms with Crippen molar-refractivity contribution in [2.45, 2.75) is 13.1 Å². The van der Waals surface area contributed by atoms with Gasteiger partial charge in [-0.3, -0.25) is 9.58 Å². The van der Waals surface area contributed by atoms with Gasteiger partial charge in [0.2, 0.25) is 11.8 Å². The van der Waals surface area contributed by atoms with Gasteiger partial charge in [0.25, 0.3) is 0 Å². The Balaban J connectivity index is 1.27. The monoisotopic (exact) mass is 451 g/mol. The smallest absolute Gasteiger partial charge is 0.247 e. The molecule has 0 spiro atoms. The summed E-state index contributed by atoms with van der Waals surface area (Å²) in [5.74, 6) is 2.71. The molecule has 2 heterocycles. The van der Waals surface area contributed by atoms with Crippen LogP contribution < -0.4 is 4.74 Å². The Kier molecular flexibility index (Phi) is 6.18.